The first-order valence-corrected chi connectivity index (χ1v) is 12.6. The van der Waals surface area contributed by atoms with Crippen molar-refractivity contribution in [2.24, 2.45) is 5.92 Å². The van der Waals surface area contributed by atoms with Crippen LogP contribution >= 0.6 is 0 Å². The maximum atomic E-state index is 13.3. The lowest BCUT2D eigenvalue weighted by Crippen LogP contribution is -2.58. The Labute approximate surface area is 217 Å². The van der Waals surface area contributed by atoms with Gasteiger partial charge in [0.2, 0.25) is 0 Å². The molecule has 188 valence electrons. The number of carbonyl (C=O) groups excluding carboxylic acids is 2. The van der Waals surface area contributed by atoms with E-state index in [2.05, 4.69) is 63.4 Å². The summed E-state index contributed by atoms with van der Waals surface area (Å²) in [7, 11) is 0. The highest BCUT2D eigenvalue weighted by Crippen LogP contribution is 2.36. The standard InChI is InChI=1S/C30H30N4O3/c35-29(25-13-7-15-31-19-25)33-17-18-34(27(21-33)22-37-30(36)26-14-8-16-32-20-26)28(23-9-3-1-4-10-23)24-11-5-2-6-12-24/h1-11,13-16,19-20,24,27-28H,12,17-18,21-22H2. The van der Waals surface area contributed by atoms with Crippen molar-refractivity contribution in [1.29, 1.82) is 0 Å². The number of nitrogens with zero attached hydrogens (tertiary/aromatic N) is 4. The van der Waals surface area contributed by atoms with Gasteiger partial charge in [0, 0.05) is 56.4 Å². The molecule has 37 heavy (non-hydrogen) atoms. The zero-order chi connectivity index (χ0) is 25.5. The Hall–Kier alpha value is -4.10. The van der Waals surface area contributed by atoms with Crippen LogP contribution in [0.1, 0.15) is 38.7 Å². The molecule has 1 amide bonds. The molecule has 1 aliphatic carbocycles. The number of aromatic nitrogens is 2. The first-order valence-electron chi connectivity index (χ1n) is 12.6. The minimum atomic E-state index is -0.416. The second-order valence-electron chi connectivity index (χ2n) is 9.29. The summed E-state index contributed by atoms with van der Waals surface area (Å²) in [6.45, 7) is 1.86. The van der Waals surface area contributed by atoms with Gasteiger partial charge in [-0.25, -0.2) is 4.79 Å². The van der Waals surface area contributed by atoms with Crippen molar-refractivity contribution in [2.75, 3.05) is 26.2 Å². The SMILES string of the molecule is O=C(OCC1CN(C(=O)c2cccnc2)CCN1C(c1ccccc1)C1C=CC=CC1)c1cccnc1. The normalized spacial score (nSPS) is 20.4. The summed E-state index contributed by atoms with van der Waals surface area (Å²) >= 11 is 0. The minimum absolute atomic E-state index is 0.0620. The van der Waals surface area contributed by atoms with Crippen LogP contribution in [0.15, 0.2) is 104 Å². The van der Waals surface area contributed by atoms with Crippen LogP contribution in [0.4, 0.5) is 0 Å². The predicted molar refractivity (Wildman–Crippen MR) is 141 cm³/mol. The van der Waals surface area contributed by atoms with Crippen LogP contribution in [0, 0.1) is 5.92 Å². The number of hydrogen-bond acceptors (Lipinski definition) is 6. The van der Waals surface area contributed by atoms with Crippen molar-refractivity contribution in [3.8, 4) is 0 Å². The van der Waals surface area contributed by atoms with Crippen molar-refractivity contribution < 1.29 is 14.3 Å². The molecule has 2 aliphatic rings. The van der Waals surface area contributed by atoms with E-state index in [1.807, 2.05) is 11.0 Å². The van der Waals surface area contributed by atoms with Crippen LogP contribution in [0.3, 0.4) is 0 Å². The van der Waals surface area contributed by atoms with Gasteiger partial charge in [0.15, 0.2) is 0 Å². The van der Waals surface area contributed by atoms with Gasteiger partial charge in [-0.05, 0) is 36.2 Å². The molecular formula is C30H30N4O3. The Morgan fingerprint density at radius 1 is 0.919 bits per heavy atom. The Bertz CT molecular complexity index is 1250. The van der Waals surface area contributed by atoms with Gasteiger partial charge >= 0.3 is 5.97 Å². The Morgan fingerprint density at radius 3 is 2.35 bits per heavy atom. The Balaban J connectivity index is 1.42. The molecule has 0 bridgehead atoms. The molecule has 1 fully saturated rings. The molecule has 3 heterocycles. The molecule has 0 N–H and O–H groups in total. The lowest BCUT2D eigenvalue weighted by Gasteiger charge is -2.47. The summed E-state index contributed by atoms with van der Waals surface area (Å²) in [5.74, 6) is -0.210. The molecule has 3 aromatic rings. The van der Waals surface area contributed by atoms with E-state index in [-0.39, 0.29) is 30.5 Å². The van der Waals surface area contributed by atoms with Crippen molar-refractivity contribution in [1.82, 2.24) is 19.8 Å². The molecule has 2 aromatic heterocycles. The number of piperazine rings is 1. The Morgan fingerprint density at radius 2 is 1.68 bits per heavy atom. The molecule has 3 atom stereocenters. The highest BCUT2D eigenvalue weighted by molar-refractivity contribution is 5.94. The highest BCUT2D eigenvalue weighted by atomic mass is 16.5. The monoisotopic (exact) mass is 494 g/mol. The molecule has 0 spiro atoms. The summed E-state index contributed by atoms with van der Waals surface area (Å²) in [5.41, 5.74) is 2.18. The number of benzene rings is 1. The number of esters is 1. The largest absolute Gasteiger partial charge is 0.460 e. The van der Waals surface area contributed by atoms with Gasteiger partial charge in [0.1, 0.15) is 6.61 Å². The highest BCUT2D eigenvalue weighted by Gasteiger charge is 2.38. The fraction of sp³-hybridized carbons (Fsp3) is 0.267. The number of pyridine rings is 2. The molecule has 1 saturated heterocycles. The maximum Gasteiger partial charge on any atom is 0.339 e. The molecular weight excluding hydrogens is 464 g/mol. The van der Waals surface area contributed by atoms with E-state index in [1.165, 1.54) is 11.8 Å². The number of ether oxygens (including phenoxy) is 1. The second-order valence-corrected chi connectivity index (χ2v) is 9.29. The number of rotatable bonds is 7. The molecule has 5 rings (SSSR count). The molecule has 0 radical (unpaired) electrons. The summed E-state index contributed by atoms with van der Waals surface area (Å²) in [5, 5.41) is 0. The molecule has 7 nitrogen and oxygen atoms in total. The van der Waals surface area contributed by atoms with Crippen LogP contribution < -0.4 is 0 Å². The maximum absolute atomic E-state index is 13.3. The Kier molecular flexibility index (Phi) is 7.81. The first kappa shape index (κ1) is 24.6. The van der Waals surface area contributed by atoms with Gasteiger partial charge in [-0.15, -0.1) is 0 Å². The van der Waals surface area contributed by atoms with Crippen molar-refractivity contribution in [3.63, 3.8) is 0 Å². The molecule has 1 aliphatic heterocycles. The van der Waals surface area contributed by atoms with E-state index < -0.39 is 5.97 Å². The van der Waals surface area contributed by atoms with E-state index in [9.17, 15) is 9.59 Å². The van der Waals surface area contributed by atoms with E-state index in [0.717, 1.165) is 6.42 Å². The van der Waals surface area contributed by atoms with E-state index in [1.54, 1.807) is 42.9 Å². The quantitative estimate of drug-likeness (QED) is 0.455. The van der Waals surface area contributed by atoms with Crippen LogP contribution in [0.5, 0.6) is 0 Å². The minimum Gasteiger partial charge on any atom is -0.460 e. The van der Waals surface area contributed by atoms with E-state index in [0.29, 0.717) is 30.8 Å². The third kappa shape index (κ3) is 5.84. The van der Waals surface area contributed by atoms with Crippen molar-refractivity contribution in [2.45, 2.75) is 18.5 Å². The molecule has 7 heteroatoms. The molecule has 1 aromatic carbocycles. The summed E-state index contributed by atoms with van der Waals surface area (Å²) in [4.78, 5) is 38.5. The first-order chi connectivity index (χ1) is 18.2. The average molecular weight is 495 g/mol. The smallest absolute Gasteiger partial charge is 0.339 e. The predicted octanol–water partition coefficient (Wildman–Crippen LogP) is 4.33. The summed E-state index contributed by atoms with van der Waals surface area (Å²) in [6, 6.07) is 17.3. The van der Waals surface area contributed by atoms with Gasteiger partial charge in [-0.2, -0.15) is 0 Å². The number of amides is 1. The second kappa shape index (κ2) is 11.8. The average Bonchev–Trinajstić information content (AvgIpc) is 2.98. The fourth-order valence-electron chi connectivity index (χ4n) is 5.15. The lowest BCUT2D eigenvalue weighted by atomic mass is 9.85. The fourth-order valence-corrected chi connectivity index (χ4v) is 5.15. The topological polar surface area (TPSA) is 75.6 Å². The van der Waals surface area contributed by atoms with Crippen LogP contribution in [-0.4, -0.2) is 63.9 Å². The van der Waals surface area contributed by atoms with Crippen LogP contribution in [0.2, 0.25) is 0 Å². The van der Waals surface area contributed by atoms with Crippen LogP contribution in [-0.2, 0) is 4.74 Å². The van der Waals surface area contributed by atoms with Crippen LogP contribution in [0.25, 0.3) is 0 Å². The summed E-state index contributed by atoms with van der Waals surface area (Å²) in [6.07, 6.45) is 15.9. The van der Waals surface area contributed by atoms with E-state index in [4.69, 9.17) is 4.74 Å². The van der Waals surface area contributed by atoms with Crippen molar-refractivity contribution in [3.05, 3.63) is 120 Å². The van der Waals surface area contributed by atoms with Gasteiger partial charge < -0.3 is 9.64 Å². The molecule has 0 saturated carbocycles. The van der Waals surface area contributed by atoms with Gasteiger partial charge in [-0.1, -0.05) is 54.6 Å². The number of hydrogen-bond donors (Lipinski definition) is 0. The van der Waals surface area contributed by atoms with Gasteiger partial charge in [0.25, 0.3) is 5.91 Å². The lowest BCUT2D eigenvalue weighted by molar-refractivity contribution is -0.0104. The van der Waals surface area contributed by atoms with Gasteiger partial charge in [-0.3, -0.25) is 19.7 Å². The third-order valence-corrected chi connectivity index (χ3v) is 6.95. The zero-order valence-electron chi connectivity index (χ0n) is 20.6. The van der Waals surface area contributed by atoms with Gasteiger partial charge in [0.05, 0.1) is 17.2 Å². The number of carbonyl (C=O) groups is 2. The molecule has 3 unspecified atom stereocenters. The van der Waals surface area contributed by atoms with E-state index >= 15 is 0 Å². The summed E-state index contributed by atoms with van der Waals surface area (Å²) < 4.78 is 5.80. The number of allylic oxidation sites excluding steroid dienone is 3. The zero-order valence-corrected chi connectivity index (χ0v) is 20.6. The van der Waals surface area contributed by atoms with Crippen molar-refractivity contribution >= 4 is 11.9 Å². The third-order valence-electron chi connectivity index (χ3n) is 6.95.